The Labute approximate surface area is 177 Å². The zero-order chi connectivity index (χ0) is 20.8. The predicted molar refractivity (Wildman–Crippen MR) is 116 cm³/mol. The predicted octanol–water partition coefficient (Wildman–Crippen LogP) is 4.31. The third-order valence-electron chi connectivity index (χ3n) is 5.25. The van der Waals surface area contributed by atoms with E-state index in [0.717, 1.165) is 23.8 Å². The number of hydrogen-bond donors (Lipinski definition) is 1. The van der Waals surface area contributed by atoms with Gasteiger partial charge in [0, 0.05) is 36.8 Å². The molecule has 0 unspecified atom stereocenters. The van der Waals surface area contributed by atoms with Gasteiger partial charge in [-0.25, -0.2) is 9.97 Å². The van der Waals surface area contributed by atoms with Crippen molar-refractivity contribution in [2.45, 2.75) is 19.3 Å². The van der Waals surface area contributed by atoms with Crippen molar-refractivity contribution >= 4 is 34.1 Å². The molecule has 1 aliphatic carbocycles. The fourth-order valence-electron chi connectivity index (χ4n) is 3.54. The first-order chi connectivity index (χ1) is 14.5. The Kier molecular flexibility index (Phi) is 4.47. The molecule has 0 atom stereocenters. The molecule has 0 spiro atoms. The number of aryl methyl sites for hydroxylation is 1. The minimum atomic E-state index is -0.0788. The SMILES string of the molecule is Cn1ccc(-c2nc(N)c(C(=O)CC3CC3)nc2-c2cc(Cl)c3ncccc3c2)n1. The molecule has 4 aromatic rings. The van der Waals surface area contributed by atoms with E-state index in [-0.39, 0.29) is 17.3 Å². The number of carbonyl (C=O) groups excluding carboxylic acids is 1. The molecule has 3 aromatic heterocycles. The largest absolute Gasteiger partial charge is 0.382 e. The lowest BCUT2D eigenvalue weighted by Gasteiger charge is -2.12. The molecule has 150 valence electrons. The van der Waals surface area contributed by atoms with E-state index in [9.17, 15) is 4.79 Å². The molecular formula is C22H19ClN6O. The number of benzene rings is 1. The Morgan fingerprint density at radius 3 is 2.80 bits per heavy atom. The van der Waals surface area contributed by atoms with Crippen LogP contribution in [-0.4, -0.2) is 30.5 Å². The number of nitrogens with zero attached hydrogens (tertiary/aromatic N) is 5. The maximum absolute atomic E-state index is 12.8. The average Bonchev–Trinajstić information content (AvgIpc) is 3.44. The van der Waals surface area contributed by atoms with Crippen LogP contribution in [0.25, 0.3) is 33.5 Å². The van der Waals surface area contributed by atoms with Gasteiger partial charge in [0.2, 0.25) is 0 Å². The topological polar surface area (TPSA) is 99.6 Å². The Bertz CT molecular complexity index is 1290. The lowest BCUT2D eigenvalue weighted by atomic mass is 10.0. The van der Waals surface area contributed by atoms with Crippen molar-refractivity contribution in [2.75, 3.05) is 5.73 Å². The highest BCUT2D eigenvalue weighted by atomic mass is 35.5. The quantitative estimate of drug-likeness (QED) is 0.485. The maximum atomic E-state index is 12.8. The number of anilines is 1. The summed E-state index contributed by atoms with van der Waals surface area (Å²) in [6.07, 6.45) is 6.12. The minimum Gasteiger partial charge on any atom is -0.382 e. The van der Waals surface area contributed by atoms with E-state index in [0.29, 0.717) is 40.0 Å². The molecule has 8 heteroatoms. The zero-order valence-corrected chi connectivity index (χ0v) is 17.1. The van der Waals surface area contributed by atoms with Gasteiger partial charge in [0.25, 0.3) is 0 Å². The number of Topliss-reactive ketones (excluding diaryl/α,β-unsaturated/α-hetero) is 1. The molecule has 1 aliphatic rings. The highest BCUT2D eigenvalue weighted by Gasteiger charge is 2.28. The number of aromatic nitrogens is 5. The molecule has 1 saturated carbocycles. The summed E-state index contributed by atoms with van der Waals surface area (Å²) in [5, 5.41) is 5.83. The van der Waals surface area contributed by atoms with Crippen LogP contribution in [0.4, 0.5) is 5.82 Å². The maximum Gasteiger partial charge on any atom is 0.185 e. The second kappa shape index (κ2) is 7.18. The van der Waals surface area contributed by atoms with Crippen molar-refractivity contribution in [1.82, 2.24) is 24.7 Å². The van der Waals surface area contributed by atoms with Gasteiger partial charge in [0.1, 0.15) is 17.1 Å². The van der Waals surface area contributed by atoms with E-state index in [1.54, 1.807) is 16.9 Å². The molecule has 1 fully saturated rings. The minimum absolute atomic E-state index is 0.0788. The summed E-state index contributed by atoms with van der Waals surface area (Å²) in [5.41, 5.74) is 9.46. The first kappa shape index (κ1) is 18.7. The number of nitrogens with two attached hydrogens (primary N) is 1. The zero-order valence-electron chi connectivity index (χ0n) is 16.3. The Hall–Kier alpha value is -3.32. The average molecular weight is 419 g/mol. The summed E-state index contributed by atoms with van der Waals surface area (Å²) < 4.78 is 1.68. The van der Waals surface area contributed by atoms with E-state index in [2.05, 4.69) is 15.1 Å². The van der Waals surface area contributed by atoms with Crippen LogP contribution >= 0.6 is 11.6 Å². The molecule has 0 aliphatic heterocycles. The lowest BCUT2D eigenvalue weighted by Crippen LogP contribution is -2.12. The number of hydrogen-bond acceptors (Lipinski definition) is 6. The normalized spacial score (nSPS) is 13.7. The number of halogens is 1. The number of pyridine rings is 1. The molecule has 3 heterocycles. The van der Waals surface area contributed by atoms with Crippen molar-refractivity contribution < 1.29 is 4.79 Å². The summed E-state index contributed by atoms with van der Waals surface area (Å²) in [6, 6.07) is 9.35. The Morgan fingerprint density at radius 1 is 1.23 bits per heavy atom. The lowest BCUT2D eigenvalue weighted by molar-refractivity contribution is 0.0972. The van der Waals surface area contributed by atoms with Crippen LogP contribution in [0.3, 0.4) is 0 Å². The highest BCUT2D eigenvalue weighted by molar-refractivity contribution is 6.35. The molecule has 0 radical (unpaired) electrons. The van der Waals surface area contributed by atoms with E-state index in [1.165, 1.54) is 0 Å². The smallest absolute Gasteiger partial charge is 0.185 e. The standard InChI is InChI=1S/C22H19ClN6O/c1-29-8-6-16(28-29)20-19(14-10-13-3-2-7-25-18(13)15(23)11-14)26-21(22(24)27-20)17(30)9-12-4-5-12/h2-3,6-8,10-12H,4-5,9H2,1H3,(H2,24,27). The van der Waals surface area contributed by atoms with Crippen LogP contribution in [0.5, 0.6) is 0 Å². The summed E-state index contributed by atoms with van der Waals surface area (Å²) in [7, 11) is 1.83. The van der Waals surface area contributed by atoms with Gasteiger partial charge in [0.15, 0.2) is 11.6 Å². The van der Waals surface area contributed by atoms with Gasteiger partial charge in [-0.1, -0.05) is 17.7 Å². The molecular weight excluding hydrogens is 400 g/mol. The van der Waals surface area contributed by atoms with Crippen LogP contribution in [0.2, 0.25) is 5.02 Å². The fourth-order valence-corrected chi connectivity index (χ4v) is 3.82. The molecule has 0 amide bonds. The third-order valence-corrected chi connectivity index (χ3v) is 5.53. The van der Waals surface area contributed by atoms with Gasteiger partial charge in [-0.2, -0.15) is 5.10 Å². The van der Waals surface area contributed by atoms with Crippen LogP contribution in [0.1, 0.15) is 29.8 Å². The van der Waals surface area contributed by atoms with Gasteiger partial charge in [-0.3, -0.25) is 14.5 Å². The van der Waals surface area contributed by atoms with Crippen molar-refractivity contribution in [3.63, 3.8) is 0 Å². The van der Waals surface area contributed by atoms with Crippen molar-refractivity contribution in [2.24, 2.45) is 13.0 Å². The fraction of sp³-hybridized carbons (Fsp3) is 0.227. The van der Waals surface area contributed by atoms with Crippen molar-refractivity contribution in [1.29, 1.82) is 0 Å². The first-order valence-electron chi connectivity index (χ1n) is 9.75. The molecule has 0 saturated heterocycles. The van der Waals surface area contributed by atoms with E-state index in [4.69, 9.17) is 22.3 Å². The number of nitrogen functional groups attached to an aromatic ring is 1. The summed E-state index contributed by atoms with van der Waals surface area (Å²) in [4.78, 5) is 26.4. The number of carbonyl (C=O) groups is 1. The number of ketones is 1. The summed E-state index contributed by atoms with van der Waals surface area (Å²) >= 11 is 6.50. The summed E-state index contributed by atoms with van der Waals surface area (Å²) in [5.74, 6) is 0.474. The summed E-state index contributed by atoms with van der Waals surface area (Å²) in [6.45, 7) is 0. The molecule has 0 bridgehead atoms. The van der Waals surface area contributed by atoms with Crippen LogP contribution in [0.15, 0.2) is 42.7 Å². The number of fused-ring (bicyclic) bond motifs is 1. The van der Waals surface area contributed by atoms with Crippen molar-refractivity contribution in [3.05, 3.63) is 53.4 Å². The Morgan fingerprint density at radius 2 is 2.07 bits per heavy atom. The van der Waals surface area contributed by atoms with Gasteiger partial charge in [-0.15, -0.1) is 0 Å². The third kappa shape index (κ3) is 3.41. The molecule has 2 N–H and O–H groups in total. The molecule has 7 nitrogen and oxygen atoms in total. The van der Waals surface area contributed by atoms with Gasteiger partial charge >= 0.3 is 0 Å². The van der Waals surface area contributed by atoms with E-state index in [1.807, 2.05) is 37.5 Å². The second-order valence-electron chi connectivity index (χ2n) is 7.63. The molecule has 5 rings (SSSR count). The van der Waals surface area contributed by atoms with Crippen LogP contribution in [0, 0.1) is 5.92 Å². The van der Waals surface area contributed by atoms with E-state index < -0.39 is 0 Å². The molecule has 1 aromatic carbocycles. The van der Waals surface area contributed by atoms with Crippen LogP contribution < -0.4 is 5.73 Å². The van der Waals surface area contributed by atoms with Gasteiger partial charge in [-0.05, 0) is 43.0 Å². The first-order valence-corrected chi connectivity index (χ1v) is 10.1. The van der Waals surface area contributed by atoms with Crippen LogP contribution in [-0.2, 0) is 7.05 Å². The monoisotopic (exact) mass is 418 g/mol. The Balaban J connectivity index is 1.72. The highest BCUT2D eigenvalue weighted by Crippen LogP contribution is 2.36. The second-order valence-corrected chi connectivity index (χ2v) is 8.04. The van der Waals surface area contributed by atoms with E-state index >= 15 is 0 Å². The van der Waals surface area contributed by atoms with Gasteiger partial charge < -0.3 is 5.73 Å². The van der Waals surface area contributed by atoms with Crippen molar-refractivity contribution in [3.8, 4) is 22.6 Å². The number of rotatable bonds is 5. The molecule has 30 heavy (non-hydrogen) atoms. The van der Waals surface area contributed by atoms with Gasteiger partial charge in [0.05, 0.1) is 16.2 Å².